The molecule has 6 heteroatoms. The summed E-state index contributed by atoms with van der Waals surface area (Å²) < 4.78 is 25.4. The summed E-state index contributed by atoms with van der Waals surface area (Å²) in [4.78, 5) is 13.2. The zero-order valence-electron chi connectivity index (χ0n) is 9.80. The normalized spacial score (nSPS) is 10.8. The van der Waals surface area contributed by atoms with Crippen LogP contribution in [0, 0.1) is 6.92 Å². The number of halogens is 4. The van der Waals surface area contributed by atoms with Gasteiger partial charge in [0, 0.05) is 16.9 Å². The molecule has 1 aromatic carbocycles. The van der Waals surface area contributed by atoms with E-state index < -0.39 is 18.9 Å². The van der Waals surface area contributed by atoms with E-state index in [0.717, 1.165) is 10.5 Å². The molecule has 0 fully saturated rings. The molecule has 1 rings (SSSR count). The number of carbonyl (C=O) groups excluding carboxylic acids is 1. The number of amides is 1. The largest absolute Gasteiger partial charge is 0.332 e. The molecule has 100 valence electrons. The Balaban J connectivity index is 2.94. The molecule has 0 N–H and O–H groups in total. The van der Waals surface area contributed by atoms with Gasteiger partial charge in [0.15, 0.2) is 0 Å². The van der Waals surface area contributed by atoms with E-state index in [9.17, 15) is 13.6 Å². The van der Waals surface area contributed by atoms with E-state index in [1.807, 2.05) is 6.92 Å². The first-order valence-corrected chi connectivity index (χ1v) is 6.68. The third-order valence-electron chi connectivity index (χ3n) is 2.36. The van der Waals surface area contributed by atoms with E-state index in [1.54, 1.807) is 18.2 Å². The number of carbonyl (C=O) groups is 1. The molecule has 0 spiro atoms. The first kappa shape index (κ1) is 15.4. The van der Waals surface area contributed by atoms with E-state index >= 15 is 0 Å². The van der Waals surface area contributed by atoms with Crippen molar-refractivity contribution in [3.05, 3.63) is 33.8 Å². The summed E-state index contributed by atoms with van der Waals surface area (Å²) in [5, 5.41) is 0. The average Bonchev–Trinajstić information content (AvgIpc) is 2.27. The first-order chi connectivity index (χ1) is 8.45. The van der Waals surface area contributed by atoms with Gasteiger partial charge in [0.1, 0.15) is 0 Å². The van der Waals surface area contributed by atoms with Gasteiger partial charge in [-0.15, -0.1) is 11.6 Å². The molecule has 0 aliphatic carbocycles. The highest BCUT2D eigenvalue weighted by atomic mass is 79.9. The van der Waals surface area contributed by atoms with E-state index in [2.05, 4.69) is 15.9 Å². The lowest BCUT2D eigenvalue weighted by Crippen LogP contribution is -2.36. The van der Waals surface area contributed by atoms with Gasteiger partial charge in [-0.1, -0.05) is 6.07 Å². The minimum atomic E-state index is -2.57. The maximum absolute atomic E-state index is 12.4. The number of rotatable bonds is 5. The standard InChI is InChI=1S/C12H13BrClF2NO/c1-8-2-3-9(10(13)6-8)12(18)17(5-4-14)7-11(15)16/h2-3,6,11H,4-5,7H2,1H3. The summed E-state index contributed by atoms with van der Waals surface area (Å²) in [6, 6.07) is 5.15. The summed E-state index contributed by atoms with van der Waals surface area (Å²) >= 11 is 8.79. The van der Waals surface area contributed by atoms with Crippen LogP contribution in [0.1, 0.15) is 15.9 Å². The topological polar surface area (TPSA) is 20.3 Å². The van der Waals surface area contributed by atoms with Gasteiger partial charge in [-0.3, -0.25) is 4.79 Å². The highest BCUT2D eigenvalue weighted by Crippen LogP contribution is 2.20. The van der Waals surface area contributed by atoms with Crippen LogP contribution >= 0.6 is 27.5 Å². The Morgan fingerprint density at radius 1 is 1.50 bits per heavy atom. The van der Waals surface area contributed by atoms with E-state index in [4.69, 9.17) is 11.6 Å². The summed E-state index contributed by atoms with van der Waals surface area (Å²) in [5.74, 6) is -0.315. The van der Waals surface area contributed by atoms with Gasteiger partial charge in [0.25, 0.3) is 12.3 Å². The molecule has 2 nitrogen and oxygen atoms in total. The Morgan fingerprint density at radius 3 is 2.67 bits per heavy atom. The molecule has 0 saturated carbocycles. The molecule has 0 saturated heterocycles. The van der Waals surface area contributed by atoms with Crippen molar-refractivity contribution in [2.75, 3.05) is 19.0 Å². The van der Waals surface area contributed by atoms with Crippen molar-refractivity contribution in [3.8, 4) is 0 Å². The van der Waals surface area contributed by atoms with Crippen LogP contribution in [0.4, 0.5) is 8.78 Å². The molecule has 0 heterocycles. The van der Waals surface area contributed by atoms with Crippen LogP contribution in [0.15, 0.2) is 22.7 Å². The molecule has 0 bridgehead atoms. The summed E-state index contributed by atoms with van der Waals surface area (Å²) in [6.07, 6.45) is -2.57. The van der Waals surface area contributed by atoms with Crippen LogP contribution in [0.3, 0.4) is 0 Å². The van der Waals surface area contributed by atoms with Gasteiger partial charge in [-0.2, -0.15) is 0 Å². The van der Waals surface area contributed by atoms with Crippen LogP contribution in [0.5, 0.6) is 0 Å². The fourth-order valence-corrected chi connectivity index (χ4v) is 2.38. The SMILES string of the molecule is Cc1ccc(C(=O)N(CCCl)CC(F)F)c(Br)c1. The molecule has 0 aliphatic rings. The minimum absolute atomic E-state index is 0.102. The van der Waals surface area contributed by atoms with Crippen LogP contribution < -0.4 is 0 Å². The van der Waals surface area contributed by atoms with E-state index in [1.165, 1.54) is 0 Å². The molecule has 0 unspecified atom stereocenters. The van der Waals surface area contributed by atoms with Crippen molar-refractivity contribution in [1.29, 1.82) is 0 Å². The number of nitrogens with zero attached hydrogens (tertiary/aromatic N) is 1. The fourth-order valence-electron chi connectivity index (χ4n) is 1.51. The third-order valence-corrected chi connectivity index (χ3v) is 3.18. The Hall–Kier alpha value is -0.680. The quantitative estimate of drug-likeness (QED) is 0.748. The van der Waals surface area contributed by atoms with Gasteiger partial charge in [-0.05, 0) is 40.5 Å². The van der Waals surface area contributed by atoms with Crippen molar-refractivity contribution in [1.82, 2.24) is 4.90 Å². The number of hydrogen-bond acceptors (Lipinski definition) is 1. The fraction of sp³-hybridized carbons (Fsp3) is 0.417. The van der Waals surface area contributed by atoms with E-state index in [0.29, 0.717) is 10.0 Å². The first-order valence-electron chi connectivity index (χ1n) is 5.35. The highest BCUT2D eigenvalue weighted by molar-refractivity contribution is 9.10. The maximum Gasteiger partial charge on any atom is 0.255 e. The van der Waals surface area contributed by atoms with Gasteiger partial charge in [0.05, 0.1) is 12.1 Å². The van der Waals surface area contributed by atoms with Crippen molar-refractivity contribution < 1.29 is 13.6 Å². The second-order valence-electron chi connectivity index (χ2n) is 3.81. The zero-order chi connectivity index (χ0) is 13.7. The second-order valence-corrected chi connectivity index (χ2v) is 5.05. The van der Waals surface area contributed by atoms with Crippen LogP contribution in [0.2, 0.25) is 0 Å². The lowest BCUT2D eigenvalue weighted by atomic mass is 10.1. The lowest BCUT2D eigenvalue weighted by Gasteiger charge is -2.21. The highest BCUT2D eigenvalue weighted by Gasteiger charge is 2.20. The Labute approximate surface area is 118 Å². The molecular formula is C12H13BrClF2NO. The predicted molar refractivity (Wildman–Crippen MR) is 71.5 cm³/mol. The third kappa shape index (κ3) is 4.21. The molecule has 0 radical (unpaired) electrons. The van der Waals surface area contributed by atoms with Gasteiger partial charge in [0.2, 0.25) is 0 Å². The molecular weight excluding hydrogens is 327 g/mol. The zero-order valence-corrected chi connectivity index (χ0v) is 12.1. The molecule has 0 aliphatic heterocycles. The van der Waals surface area contributed by atoms with Crippen molar-refractivity contribution in [3.63, 3.8) is 0 Å². The number of hydrogen-bond donors (Lipinski definition) is 0. The lowest BCUT2D eigenvalue weighted by molar-refractivity contribution is 0.0570. The minimum Gasteiger partial charge on any atom is -0.332 e. The molecule has 0 atom stereocenters. The van der Waals surface area contributed by atoms with Crippen LogP contribution in [-0.4, -0.2) is 36.2 Å². The summed E-state index contributed by atoms with van der Waals surface area (Å²) in [6.45, 7) is 1.38. The van der Waals surface area contributed by atoms with Crippen molar-refractivity contribution in [2.24, 2.45) is 0 Å². The van der Waals surface area contributed by atoms with E-state index in [-0.39, 0.29) is 12.4 Å². The van der Waals surface area contributed by atoms with Gasteiger partial charge in [-0.25, -0.2) is 8.78 Å². The molecule has 1 aromatic rings. The molecule has 1 amide bonds. The summed E-state index contributed by atoms with van der Waals surface area (Å²) in [7, 11) is 0. The smallest absolute Gasteiger partial charge is 0.255 e. The van der Waals surface area contributed by atoms with Crippen molar-refractivity contribution in [2.45, 2.75) is 13.3 Å². The van der Waals surface area contributed by atoms with Gasteiger partial charge >= 0.3 is 0 Å². The number of benzene rings is 1. The van der Waals surface area contributed by atoms with Crippen LogP contribution in [0.25, 0.3) is 0 Å². The van der Waals surface area contributed by atoms with Gasteiger partial charge < -0.3 is 4.90 Å². The predicted octanol–water partition coefficient (Wildman–Crippen LogP) is 3.70. The maximum atomic E-state index is 12.4. The summed E-state index contributed by atoms with van der Waals surface area (Å²) in [5.41, 5.74) is 1.35. The number of alkyl halides is 3. The number of aryl methyl sites for hydroxylation is 1. The second kappa shape index (κ2) is 7.04. The average molecular weight is 341 g/mol. The molecule has 0 aromatic heterocycles. The van der Waals surface area contributed by atoms with Crippen LogP contribution in [-0.2, 0) is 0 Å². The Morgan fingerprint density at radius 2 is 2.17 bits per heavy atom. The van der Waals surface area contributed by atoms with Crippen molar-refractivity contribution >= 4 is 33.4 Å². The molecule has 18 heavy (non-hydrogen) atoms. The Bertz CT molecular complexity index is 429. The monoisotopic (exact) mass is 339 g/mol. The Kier molecular flexibility index (Phi) is 6.02.